The van der Waals surface area contributed by atoms with E-state index in [2.05, 4.69) is 204 Å². The first-order valence-electron chi connectivity index (χ1n) is 20.5. The van der Waals surface area contributed by atoms with E-state index >= 15 is 0 Å². The van der Waals surface area contributed by atoms with Crippen molar-refractivity contribution in [3.63, 3.8) is 0 Å². The van der Waals surface area contributed by atoms with Gasteiger partial charge in [0.2, 0.25) is 6.71 Å². The predicted molar refractivity (Wildman–Crippen MR) is 250 cm³/mol. The molecule has 0 saturated carbocycles. The molecule has 6 heteroatoms. The smallest absolute Gasteiger partial charge is 0.250 e. The van der Waals surface area contributed by atoms with Crippen molar-refractivity contribution in [3.8, 4) is 28.3 Å². The van der Waals surface area contributed by atoms with Gasteiger partial charge in [-0.2, -0.15) is 0 Å². The Morgan fingerprint density at radius 1 is 0.424 bits per heavy atom. The van der Waals surface area contributed by atoms with Gasteiger partial charge in [-0.25, -0.2) is 0 Å². The fraction of sp³-hybridized carbons (Fsp3) is 0. The molecule has 0 N–H and O–H groups in total. The van der Waals surface area contributed by atoms with E-state index in [0.717, 1.165) is 17.2 Å². The zero-order valence-corrected chi connectivity index (χ0v) is 33.1. The summed E-state index contributed by atoms with van der Waals surface area (Å²) < 4.78 is 9.21. The fourth-order valence-corrected chi connectivity index (χ4v) is 16.9. The van der Waals surface area contributed by atoms with Gasteiger partial charge in [0.1, 0.15) is 11.5 Å². The van der Waals surface area contributed by atoms with E-state index in [0.29, 0.717) is 0 Å². The number of fused-ring (bicyclic) bond motifs is 13. The average molecular weight is 765 g/mol. The molecule has 3 aliphatic heterocycles. The molecule has 5 heterocycles. The SMILES string of the molecule is c1ccc(B2c3ccccc3[Si]3(c4ccc(-c5ccc6c7ccccc7n(-c7ccncc7)c6c5)cc42)c2ccccc2B2c4ccccc4Oc4cccc3c42)cc1. The minimum Gasteiger partial charge on any atom is -0.458 e. The molecule has 3 aliphatic rings. The largest absolute Gasteiger partial charge is 0.458 e. The van der Waals surface area contributed by atoms with Crippen molar-refractivity contribution in [2.45, 2.75) is 0 Å². The minimum absolute atomic E-state index is 0.0638. The van der Waals surface area contributed by atoms with E-state index in [1.54, 1.807) is 0 Å². The van der Waals surface area contributed by atoms with E-state index in [4.69, 9.17) is 4.74 Å². The topological polar surface area (TPSA) is 27.1 Å². The second-order valence-corrected chi connectivity index (χ2v) is 19.8. The molecular formula is C53H34B2N2OSi. The molecule has 59 heavy (non-hydrogen) atoms. The van der Waals surface area contributed by atoms with Gasteiger partial charge in [-0.3, -0.25) is 4.98 Å². The van der Waals surface area contributed by atoms with Crippen LogP contribution in [-0.2, 0) is 0 Å². The number of para-hydroxylation sites is 2. The van der Waals surface area contributed by atoms with Crippen molar-refractivity contribution in [1.82, 2.24) is 9.55 Å². The van der Waals surface area contributed by atoms with Crippen LogP contribution in [0.15, 0.2) is 207 Å². The van der Waals surface area contributed by atoms with Gasteiger partial charge in [0.05, 0.1) is 11.0 Å². The Morgan fingerprint density at radius 2 is 1.03 bits per heavy atom. The van der Waals surface area contributed by atoms with Crippen LogP contribution in [0.4, 0.5) is 0 Å². The van der Waals surface area contributed by atoms with Crippen LogP contribution in [0.1, 0.15) is 0 Å². The van der Waals surface area contributed by atoms with Crippen molar-refractivity contribution < 1.29 is 4.74 Å². The highest BCUT2D eigenvalue weighted by Crippen LogP contribution is 2.35. The van der Waals surface area contributed by atoms with Gasteiger partial charge in [-0.05, 0) is 79.2 Å². The maximum Gasteiger partial charge on any atom is 0.250 e. The van der Waals surface area contributed by atoms with Crippen LogP contribution in [0, 0.1) is 0 Å². The Bertz CT molecular complexity index is 3330. The van der Waals surface area contributed by atoms with Gasteiger partial charge in [-0.15, -0.1) is 0 Å². The molecule has 3 nitrogen and oxygen atoms in total. The molecule has 272 valence electrons. The average Bonchev–Trinajstić information content (AvgIpc) is 3.64. The molecule has 0 aliphatic carbocycles. The Labute approximate surface area is 344 Å². The summed E-state index contributed by atoms with van der Waals surface area (Å²) in [5, 5.41) is 8.33. The van der Waals surface area contributed by atoms with Gasteiger partial charge >= 0.3 is 0 Å². The highest BCUT2D eigenvalue weighted by Gasteiger charge is 2.56. The van der Waals surface area contributed by atoms with Crippen LogP contribution in [0.2, 0.25) is 0 Å². The third kappa shape index (κ3) is 4.47. The van der Waals surface area contributed by atoms with Crippen molar-refractivity contribution in [3.05, 3.63) is 207 Å². The van der Waals surface area contributed by atoms with E-state index in [-0.39, 0.29) is 13.4 Å². The number of aromatic nitrogens is 2. The number of hydrogen-bond acceptors (Lipinski definition) is 2. The van der Waals surface area contributed by atoms with E-state index in [9.17, 15) is 0 Å². The Balaban J connectivity index is 1.11. The summed E-state index contributed by atoms with van der Waals surface area (Å²) in [6, 6.07) is 72.8. The standard InChI is InChI=1S/C53H34B2N2OSi/c1-2-13-37(14-3-1)54-42-17-6-10-22-49(42)59(50-23-11-7-18-43(50)55-41-16-5-9-20-47(41)58-48-21-12-24-52(59)53(48)55)51-28-26-35(33-44(51)54)36-25-27-40-39-15-4-8-19-45(39)57(46(40)34-36)38-29-31-56-32-30-38/h1-34H. The first-order valence-corrected chi connectivity index (χ1v) is 22.5. The molecule has 10 aromatic rings. The highest BCUT2D eigenvalue weighted by molar-refractivity contribution is 7.31. The summed E-state index contributed by atoms with van der Waals surface area (Å²) >= 11 is 0. The molecular weight excluding hydrogens is 730 g/mol. The molecule has 0 radical (unpaired) electrons. The summed E-state index contributed by atoms with van der Waals surface area (Å²) in [6.07, 6.45) is 3.76. The van der Waals surface area contributed by atoms with Crippen molar-refractivity contribution in [2.24, 2.45) is 0 Å². The molecule has 8 aromatic carbocycles. The van der Waals surface area contributed by atoms with E-state index < -0.39 is 8.07 Å². The highest BCUT2D eigenvalue weighted by atomic mass is 28.3. The Morgan fingerprint density at radius 3 is 1.86 bits per heavy atom. The zero-order valence-electron chi connectivity index (χ0n) is 32.1. The quantitative estimate of drug-likeness (QED) is 0.238. The van der Waals surface area contributed by atoms with Crippen LogP contribution in [0.25, 0.3) is 38.6 Å². The van der Waals surface area contributed by atoms with Gasteiger partial charge in [0.15, 0.2) is 8.07 Å². The van der Waals surface area contributed by atoms with Crippen LogP contribution in [0.3, 0.4) is 0 Å². The summed E-state index contributed by atoms with van der Waals surface area (Å²) in [6.45, 7) is 0.162. The molecule has 1 spiro atoms. The minimum atomic E-state index is -2.94. The summed E-state index contributed by atoms with van der Waals surface area (Å²) in [5.74, 6) is 1.93. The van der Waals surface area contributed by atoms with Crippen molar-refractivity contribution >= 4 is 96.8 Å². The van der Waals surface area contributed by atoms with Crippen LogP contribution < -0.4 is 58.3 Å². The molecule has 0 saturated heterocycles. The van der Waals surface area contributed by atoms with Gasteiger partial charge in [0.25, 0.3) is 6.71 Å². The molecule has 1 atom stereocenters. The summed E-state index contributed by atoms with van der Waals surface area (Å²) in [5.41, 5.74) is 14.0. The van der Waals surface area contributed by atoms with Crippen LogP contribution >= 0.6 is 0 Å². The van der Waals surface area contributed by atoms with Gasteiger partial charge in [-0.1, -0.05) is 180 Å². The van der Waals surface area contributed by atoms with Crippen molar-refractivity contribution in [1.29, 1.82) is 0 Å². The summed E-state index contributed by atoms with van der Waals surface area (Å²) in [4.78, 5) is 4.34. The van der Waals surface area contributed by atoms with E-state index in [1.165, 1.54) is 86.5 Å². The molecule has 0 bridgehead atoms. The first-order chi connectivity index (χ1) is 29.3. The maximum atomic E-state index is 6.83. The fourth-order valence-electron chi connectivity index (χ4n) is 11.1. The lowest BCUT2D eigenvalue weighted by molar-refractivity contribution is 0.488. The molecule has 0 amide bonds. The second kappa shape index (κ2) is 12.4. The normalized spacial score (nSPS) is 15.6. The third-order valence-corrected chi connectivity index (χ3v) is 18.4. The summed E-state index contributed by atoms with van der Waals surface area (Å²) in [7, 11) is -2.94. The molecule has 0 fully saturated rings. The van der Waals surface area contributed by atoms with E-state index in [1.807, 2.05) is 12.4 Å². The van der Waals surface area contributed by atoms with Crippen LogP contribution in [-0.4, -0.2) is 31.1 Å². The molecule has 1 unspecified atom stereocenters. The Kier molecular flexibility index (Phi) is 6.93. The van der Waals surface area contributed by atoms with Gasteiger partial charge < -0.3 is 9.30 Å². The monoisotopic (exact) mass is 764 g/mol. The van der Waals surface area contributed by atoms with Crippen LogP contribution in [0.5, 0.6) is 11.5 Å². The second-order valence-electron chi connectivity index (χ2n) is 16.2. The lowest BCUT2D eigenvalue weighted by Gasteiger charge is -2.48. The number of ether oxygens (including phenoxy) is 1. The molecule has 2 aromatic heterocycles. The number of rotatable bonds is 3. The number of nitrogens with zero attached hydrogens (tertiary/aromatic N) is 2. The number of benzene rings is 8. The zero-order chi connectivity index (χ0) is 38.7. The number of hydrogen-bond donors (Lipinski definition) is 0. The van der Waals surface area contributed by atoms with Crippen molar-refractivity contribution in [2.75, 3.05) is 0 Å². The predicted octanol–water partition coefficient (Wildman–Crippen LogP) is 4.99. The third-order valence-electron chi connectivity index (χ3n) is 13.4. The Hall–Kier alpha value is -7.14. The first kappa shape index (κ1) is 32.9. The maximum absolute atomic E-state index is 6.83. The lowest BCUT2D eigenvalue weighted by Crippen LogP contribution is -2.93. The van der Waals surface area contributed by atoms with Gasteiger partial charge in [0, 0.05) is 28.9 Å². The lowest BCUT2D eigenvalue weighted by atomic mass is 9.35. The number of pyridine rings is 1. The molecule has 13 rings (SSSR count).